The highest BCUT2D eigenvalue weighted by atomic mass is 35.5. The SMILES string of the molecule is CCOc1cc(Cl)c(C(NC)c2cc(C)c(C)s2)cc1Cl. The van der Waals surface area contributed by atoms with Crippen molar-refractivity contribution in [3.63, 3.8) is 0 Å². The molecule has 1 atom stereocenters. The van der Waals surface area contributed by atoms with Gasteiger partial charge in [-0.1, -0.05) is 23.2 Å². The molecule has 0 radical (unpaired) electrons. The number of rotatable bonds is 5. The van der Waals surface area contributed by atoms with Crippen LogP contribution >= 0.6 is 34.5 Å². The van der Waals surface area contributed by atoms with Crippen molar-refractivity contribution in [1.82, 2.24) is 5.32 Å². The highest BCUT2D eigenvalue weighted by Crippen LogP contribution is 2.38. The van der Waals surface area contributed by atoms with Gasteiger partial charge in [0.05, 0.1) is 17.7 Å². The van der Waals surface area contributed by atoms with Gasteiger partial charge < -0.3 is 10.1 Å². The first-order valence-electron chi connectivity index (χ1n) is 6.83. The van der Waals surface area contributed by atoms with Gasteiger partial charge in [-0.2, -0.15) is 0 Å². The predicted octanol–water partition coefficient (Wildman–Crippen LogP) is 5.38. The molecule has 114 valence electrons. The van der Waals surface area contributed by atoms with Gasteiger partial charge in [0, 0.05) is 20.8 Å². The molecule has 1 aromatic carbocycles. The molecule has 0 amide bonds. The Kier molecular flexibility index (Phi) is 5.55. The highest BCUT2D eigenvalue weighted by molar-refractivity contribution is 7.12. The van der Waals surface area contributed by atoms with Gasteiger partial charge in [-0.25, -0.2) is 0 Å². The number of aryl methyl sites for hydroxylation is 2. The summed E-state index contributed by atoms with van der Waals surface area (Å²) in [5, 5.41) is 4.56. The molecule has 21 heavy (non-hydrogen) atoms. The zero-order valence-corrected chi connectivity index (χ0v) is 14.9. The van der Waals surface area contributed by atoms with E-state index in [2.05, 4.69) is 25.2 Å². The lowest BCUT2D eigenvalue weighted by molar-refractivity contribution is 0.340. The fourth-order valence-corrected chi connectivity index (χ4v) is 3.89. The standard InChI is InChI=1S/C16H19Cl2NOS/c1-5-20-14-8-12(17)11(7-13(14)18)16(19-4)15-6-9(2)10(3)21-15/h6-8,16,19H,5H2,1-4H3. The molecule has 0 saturated heterocycles. The topological polar surface area (TPSA) is 21.3 Å². The van der Waals surface area contributed by atoms with Crippen LogP contribution in [0.3, 0.4) is 0 Å². The van der Waals surface area contributed by atoms with Gasteiger partial charge in [0.1, 0.15) is 5.75 Å². The maximum absolute atomic E-state index is 6.43. The van der Waals surface area contributed by atoms with Crippen LogP contribution < -0.4 is 10.1 Å². The monoisotopic (exact) mass is 343 g/mol. The molecule has 0 aliphatic carbocycles. The van der Waals surface area contributed by atoms with E-state index in [9.17, 15) is 0 Å². The van der Waals surface area contributed by atoms with Gasteiger partial charge in [-0.3, -0.25) is 0 Å². The summed E-state index contributed by atoms with van der Waals surface area (Å²) in [5.74, 6) is 0.626. The van der Waals surface area contributed by atoms with Gasteiger partial charge in [-0.15, -0.1) is 11.3 Å². The van der Waals surface area contributed by atoms with Crippen LogP contribution in [0.4, 0.5) is 0 Å². The molecule has 0 aliphatic rings. The smallest absolute Gasteiger partial charge is 0.139 e. The zero-order chi connectivity index (χ0) is 15.6. The Hall–Kier alpha value is -0.740. The molecule has 2 nitrogen and oxygen atoms in total. The Bertz CT molecular complexity index is 620. The first-order chi connectivity index (χ1) is 9.97. The van der Waals surface area contributed by atoms with E-state index in [0.29, 0.717) is 22.4 Å². The average Bonchev–Trinajstić information content (AvgIpc) is 2.76. The maximum Gasteiger partial charge on any atom is 0.139 e. The van der Waals surface area contributed by atoms with Crippen LogP contribution in [-0.4, -0.2) is 13.7 Å². The van der Waals surface area contributed by atoms with Crippen molar-refractivity contribution in [3.05, 3.63) is 49.1 Å². The number of hydrogen-bond donors (Lipinski definition) is 1. The van der Waals surface area contributed by atoms with E-state index in [-0.39, 0.29) is 6.04 Å². The van der Waals surface area contributed by atoms with Gasteiger partial charge in [-0.05, 0) is 51.1 Å². The van der Waals surface area contributed by atoms with Crippen LogP contribution in [0.25, 0.3) is 0 Å². The van der Waals surface area contributed by atoms with Crippen molar-refractivity contribution < 1.29 is 4.74 Å². The second-order valence-electron chi connectivity index (χ2n) is 4.85. The maximum atomic E-state index is 6.43. The summed E-state index contributed by atoms with van der Waals surface area (Å²) in [6.45, 7) is 6.73. The lowest BCUT2D eigenvalue weighted by Crippen LogP contribution is -2.17. The second-order valence-corrected chi connectivity index (χ2v) is 6.95. The van der Waals surface area contributed by atoms with E-state index in [1.54, 1.807) is 17.4 Å². The molecule has 1 heterocycles. The minimum atomic E-state index is 0.0306. The quantitative estimate of drug-likeness (QED) is 0.786. The lowest BCUT2D eigenvalue weighted by Gasteiger charge is -2.18. The van der Waals surface area contributed by atoms with E-state index in [1.807, 2.05) is 20.0 Å². The molecule has 0 spiro atoms. The van der Waals surface area contributed by atoms with Crippen LogP contribution in [0.1, 0.15) is 33.8 Å². The summed E-state index contributed by atoms with van der Waals surface area (Å²) in [7, 11) is 1.93. The lowest BCUT2D eigenvalue weighted by atomic mass is 10.0. The summed E-state index contributed by atoms with van der Waals surface area (Å²) < 4.78 is 5.48. The van der Waals surface area contributed by atoms with E-state index in [1.165, 1.54) is 15.3 Å². The summed E-state index contributed by atoms with van der Waals surface area (Å²) in [6.07, 6.45) is 0. The Balaban J connectivity index is 2.45. The van der Waals surface area contributed by atoms with E-state index in [0.717, 1.165) is 5.56 Å². The van der Waals surface area contributed by atoms with Crippen molar-refractivity contribution in [2.75, 3.05) is 13.7 Å². The molecule has 0 saturated carbocycles. The van der Waals surface area contributed by atoms with Crippen molar-refractivity contribution in [2.24, 2.45) is 0 Å². The summed E-state index contributed by atoms with van der Waals surface area (Å²) >= 11 is 14.5. The van der Waals surface area contributed by atoms with Crippen LogP contribution in [0.5, 0.6) is 5.75 Å². The van der Waals surface area contributed by atoms with E-state index in [4.69, 9.17) is 27.9 Å². The number of thiophene rings is 1. The van der Waals surface area contributed by atoms with Crippen LogP contribution in [0.2, 0.25) is 10.0 Å². The number of ether oxygens (including phenoxy) is 1. The third-order valence-corrected chi connectivity index (χ3v) is 5.26. The van der Waals surface area contributed by atoms with Gasteiger partial charge in [0.25, 0.3) is 0 Å². The Labute approximate surface area is 140 Å². The fourth-order valence-electron chi connectivity index (χ4n) is 2.23. The van der Waals surface area contributed by atoms with Crippen molar-refractivity contribution in [3.8, 4) is 5.75 Å². The Morgan fingerprint density at radius 3 is 2.43 bits per heavy atom. The summed E-state index contributed by atoms with van der Waals surface area (Å²) in [5.41, 5.74) is 2.26. The third-order valence-electron chi connectivity index (χ3n) is 3.42. The molecule has 1 aromatic heterocycles. The van der Waals surface area contributed by atoms with Gasteiger partial charge >= 0.3 is 0 Å². The van der Waals surface area contributed by atoms with E-state index >= 15 is 0 Å². The Morgan fingerprint density at radius 2 is 1.90 bits per heavy atom. The first-order valence-corrected chi connectivity index (χ1v) is 8.41. The molecular formula is C16H19Cl2NOS. The molecule has 0 aliphatic heterocycles. The summed E-state index contributed by atoms with van der Waals surface area (Å²) in [6, 6.07) is 5.91. The van der Waals surface area contributed by atoms with Crippen molar-refractivity contribution in [2.45, 2.75) is 26.8 Å². The van der Waals surface area contributed by atoms with Crippen LogP contribution in [0, 0.1) is 13.8 Å². The fraction of sp³-hybridized carbons (Fsp3) is 0.375. The Morgan fingerprint density at radius 1 is 1.19 bits per heavy atom. The van der Waals surface area contributed by atoms with Crippen LogP contribution in [0.15, 0.2) is 18.2 Å². The predicted molar refractivity (Wildman–Crippen MR) is 92.3 cm³/mol. The molecule has 2 rings (SSSR count). The molecule has 1 N–H and O–H groups in total. The number of benzene rings is 1. The zero-order valence-electron chi connectivity index (χ0n) is 12.6. The van der Waals surface area contributed by atoms with Crippen molar-refractivity contribution >= 4 is 34.5 Å². The molecule has 0 bridgehead atoms. The van der Waals surface area contributed by atoms with Gasteiger partial charge in [0.2, 0.25) is 0 Å². The largest absolute Gasteiger partial charge is 0.492 e. The number of hydrogen-bond acceptors (Lipinski definition) is 3. The minimum Gasteiger partial charge on any atom is -0.492 e. The molecule has 1 unspecified atom stereocenters. The highest BCUT2D eigenvalue weighted by Gasteiger charge is 2.20. The normalized spacial score (nSPS) is 12.5. The molecule has 0 fully saturated rings. The third kappa shape index (κ3) is 3.54. The average molecular weight is 344 g/mol. The van der Waals surface area contributed by atoms with Gasteiger partial charge in [0.15, 0.2) is 0 Å². The van der Waals surface area contributed by atoms with Crippen LogP contribution in [-0.2, 0) is 0 Å². The second kappa shape index (κ2) is 7.01. The van der Waals surface area contributed by atoms with E-state index < -0.39 is 0 Å². The minimum absolute atomic E-state index is 0.0306. The molecule has 2 aromatic rings. The first kappa shape index (κ1) is 16.6. The molecular weight excluding hydrogens is 325 g/mol. The number of halogens is 2. The molecule has 5 heteroatoms. The number of nitrogens with one attached hydrogen (secondary N) is 1. The summed E-state index contributed by atoms with van der Waals surface area (Å²) in [4.78, 5) is 2.55. The van der Waals surface area contributed by atoms with Crippen molar-refractivity contribution in [1.29, 1.82) is 0 Å².